The first kappa shape index (κ1) is 14.3. The SMILES string of the molecule is CCNC1CC(C(C)COC)Oc2ccc(F)cc21. The molecule has 1 heterocycles. The molecule has 1 aromatic carbocycles. The van der Waals surface area contributed by atoms with Gasteiger partial charge in [-0.3, -0.25) is 0 Å². The van der Waals surface area contributed by atoms with Gasteiger partial charge in [0.15, 0.2) is 0 Å². The van der Waals surface area contributed by atoms with E-state index in [1.54, 1.807) is 19.2 Å². The Balaban J connectivity index is 2.22. The van der Waals surface area contributed by atoms with Gasteiger partial charge in [-0.1, -0.05) is 13.8 Å². The lowest BCUT2D eigenvalue weighted by Crippen LogP contribution is -2.38. The minimum atomic E-state index is -0.214. The van der Waals surface area contributed by atoms with Crippen molar-refractivity contribution in [1.82, 2.24) is 5.32 Å². The number of benzene rings is 1. The Kier molecular flexibility index (Phi) is 4.77. The molecule has 2 rings (SSSR count). The number of fused-ring (bicyclic) bond motifs is 1. The summed E-state index contributed by atoms with van der Waals surface area (Å²) in [7, 11) is 1.70. The summed E-state index contributed by atoms with van der Waals surface area (Å²) in [6.07, 6.45) is 0.941. The van der Waals surface area contributed by atoms with E-state index in [1.165, 1.54) is 6.07 Å². The van der Waals surface area contributed by atoms with Crippen LogP contribution in [0.1, 0.15) is 31.9 Å². The van der Waals surface area contributed by atoms with Gasteiger partial charge in [0.05, 0.1) is 6.61 Å². The first-order valence-corrected chi connectivity index (χ1v) is 6.84. The molecule has 1 aromatic rings. The summed E-state index contributed by atoms with van der Waals surface area (Å²) in [4.78, 5) is 0. The fourth-order valence-corrected chi connectivity index (χ4v) is 2.63. The van der Waals surface area contributed by atoms with Crippen molar-refractivity contribution in [3.8, 4) is 5.75 Å². The van der Waals surface area contributed by atoms with Crippen LogP contribution >= 0.6 is 0 Å². The average Bonchev–Trinajstić information content (AvgIpc) is 2.39. The maximum absolute atomic E-state index is 13.4. The van der Waals surface area contributed by atoms with Crippen LogP contribution in [-0.2, 0) is 4.74 Å². The van der Waals surface area contributed by atoms with Crippen molar-refractivity contribution in [2.75, 3.05) is 20.3 Å². The van der Waals surface area contributed by atoms with Gasteiger partial charge in [0.2, 0.25) is 0 Å². The topological polar surface area (TPSA) is 30.5 Å². The number of methoxy groups -OCH3 is 1. The number of nitrogens with one attached hydrogen (secondary N) is 1. The number of halogens is 1. The normalized spacial score (nSPS) is 23.6. The zero-order valence-electron chi connectivity index (χ0n) is 11.8. The molecule has 3 atom stereocenters. The zero-order chi connectivity index (χ0) is 13.8. The van der Waals surface area contributed by atoms with Crippen LogP contribution in [0.15, 0.2) is 18.2 Å². The highest BCUT2D eigenvalue weighted by Gasteiger charge is 2.31. The second-order valence-corrected chi connectivity index (χ2v) is 5.12. The highest BCUT2D eigenvalue weighted by molar-refractivity contribution is 5.38. The van der Waals surface area contributed by atoms with Gasteiger partial charge in [0.1, 0.15) is 17.7 Å². The lowest BCUT2D eigenvalue weighted by atomic mass is 9.90. The molecule has 0 saturated heterocycles. The first-order valence-electron chi connectivity index (χ1n) is 6.84. The van der Waals surface area contributed by atoms with Gasteiger partial charge in [-0.05, 0) is 24.7 Å². The molecule has 1 N–H and O–H groups in total. The van der Waals surface area contributed by atoms with Crippen LogP contribution < -0.4 is 10.1 Å². The number of ether oxygens (including phenoxy) is 2. The Morgan fingerprint density at radius 3 is 3.00 bits per heavy atom. The Morgan fingerprint density at radius 2 is 2.32 bits per heavy atom. The molecule has 3 nitrogen and oxygen atoms in total. The molecule has 0 aromatic heterocycles. The van der Waals surface area contributed by atoms with Gasteiger partial charge in [-0.2, -0.15) is 0 Å². The largest absolute Gasteiger partial charge is 0.490 e. The summed E-state index contributed by atoms with van der Waals surface area (Å²) in [5.41, 5.74) is 0.919. The third-order valence-corrected chi connectivity index (χ3v) is 3.61. The molecular formula is C15H22FNO2. The van der Waals surface area contributed by atoms with Crippen LogP contribution in [0.3, 0.4) is 0 Å². The van der Waals surface area contributed by atoms with Gasteiger partial charge in [-0.25, -0.2) is 4.39 Å². The summed E-state index contributed by atoms with van der Waals surface area (Å²) in [5, 5.41) is 3.41. The van der Waals surface area contributed by atoms with Crippen molar-refractivity contribution in [1.29, 1.82) is 0 Å². The molecule has 0 bridgehead atoms. The molecule has 1 aliphatic rings. The monoisotopic (exact) mass is 267 g/mol. The Hall–Kier alpha value is -1.13. The quantitative estimate of drug-likeness (QED) is 0.889. The van der Waals surface area contributed by atoms with Crippen LogP contribution in [-0.4, -0.2) is 26.4 Å². The van der Waals surface area contributed by atoms with Crippen LogP contribution in [0.25, 0.3) is 0 Å². The van der Waals surface area contributed by atoms with Crippen molar-refractivity contribution < 1.29 is 13.9 Å². The molecule has 4 heteroatoms. The molecule has 0 spiro atoms. The maximum Gasteiger partial charge on any atom is 0.124 e. The van der Waals surface area contributed by atoms with Crippen molar-refractivity contribution in [3.63, 3.8) is 0 Å². The van der Waals surface area contributed by atoms with Gasteiger partial charge in [-0.15, -0.1) is 0 Å². The van der Waals surface area contributed by atoms with Gasteiger partial charge in [0, 0.05) is 31.1 Å². The third-order valence-electron chi connectivity index (χ3n) is 3.61. The van der Waals surface area contributed by atoms with Crippen LogP contribution in [0.4, 0.5) is 4.39 Å². The summed E-state index contributed by atoms with van der Waals surface area (Å²) in [6, 6.07) is 4.89. The van der Waals surface area contributed by atoms with Gasteiger partial charge < -0.3 is 14.8 Å². The molecule has 0 fully saturated rings. The van der Waals surface area contributed by atoms with Crippen molar-refractivity contribution in [2.45, 2.75) is 32.4 Å². The highest BCUT2D eigenvalue weighted by atomic mass is 19.1. The maximum atomic E-state index is 13.4. The molecule has 106 valence electrons. The highest BCUT2D eigenvalue weighted by Crippen LogP contribution is 2.37. The lowest BCUT2D eigenvalue weighted by Gasteiger charge is -2.35. The van der Waals surface area contributed by atoms with Crippen LogP contribution in [0.2, 0.25) is 0 Å². The molecule has 19 heavy (non-hydrogen) atoms. The van der Waals surface area contributed by atoms with E-state index in [0.717, 1.165) is 24.3 Å². The van der Waals surface area contributed by atoms with E-state index in [0.29, 0.717) is 12.5 Å². The second kappa shape index (κ2) is 6.35. The molecule has 0 amide bonds. The summed E-state index contributed by atoms with van der Waals surface area (Å²) < 4.78 is 24.6. The average molecular weight is 267 g/mol. The minimum absolute atomic E-state index is 0.0990. The predicted octanol–water partition coefficient (Wildman–Crippen LogP) is 2.91. The molecule has 0 saturated carbocycles. The smallest absolute Gasteiger partial charge is 0.124 e. The molecule has 1 aliphatic heterocycles. The van der Waals surface area contributed by atoms with E-state index in [-0.39, 0.29) is 18.0 Å². The van der Waals surface area contributed by atoms with E-state index < -0.39 is 0 Å². The Morgan fingerprint density at radius 1 is 1.53 bits per heavy atom. The third kappa shape index (κ3) is 3.25. The fourth-order valence-electron chi connectivity index (χ4n) is 2.63. The van der Waals surface area contributed by atoms with E-state index in [4.69, 9.17) is 9.47 Å². The molecule has 3 unspecified atom stereocenters. The zero-order valence-corrected chi connectivity index (χ0v) is 11.8. The van der Waals surface area contributed by atoms with E-state index in [9.17, 15) is 4.39 Å². The molecule has 0 radical (unpaired) electrons. The lowest BCUT2D eigenvalue weighted by molar-refractivity contribution is 0.0501. The summed E-state index contributed by atoms with van der Waals surface area (Å²) in [5.74, 6) is 0.879. The molecular weight excluding hydrogens is 245 g/mol. The van der Waals surface area contributed by atoms with Crippen molar-refractivity contribution >= 4 is 0 Å². The minimum Gasteiger partial charge on any atom is -0.490 e. The Bertz CT molecular complexity index is 425. The Labute approximate surface area is 114 Å². The van der Waals surface area contributed by atoms with E-state index in [1.807, 2.05) is 0 Å². The first-order chi connectivity index (χ1) is 9.15. The summed E-state index contributed by atoms with van der Waals surface area (Å²) >= 11 is 0. The van der Waals surface area contributed by atoms with E-state index >= 15 is 0 Å². The standard InChI is InChI=1S/C15H22FNO2/c1-4-17-13-8-15(10(2)9-18-3)19-14-6-5-11(16)7-12(13)14/h5-7,10,13,15,17H,4,8-9H2,1-3H3. The van der Waals surface area contributed by atoms with Crippen molar-refractivity contribution in [3.05, 3.63) is 29.6 Å². The molecule has 0 aliphatic carbocycles. The second-order valence-electron chi connectivity index (χ2n) is 5.12. The number of rotatable bonds is 5. The van der Waals surface area contributed by atoms with E-state index in [2.05, 4.69) is 19.2 Å². The van der Waals surface area contributed by atoms with Crippen molar-refractivity contribution in [2.24, 2.45) is 5.92 Å². The van der Waals surface area contributed by atoms with Crippen LogP contribution in [0, 0.1) is 11.7 Å². The van der Waals surface area contributed by atoms with Gasteiger partial charge in [0.25, 0.3) is 0 Å². The van der Waals surface area contributed by atoms with Crippen LogP contribution in [0.5, 0.6) is 5.75 Å². The summed E-state index contributed by atoms with van der Waals surface area (Å²) in [6.45, 7) is 5.69. The number of hydrogen-bond donors (Lipinski definition) is 1. The predicted molar refractivity (Wildman–Crippen MR) is 72.9 cm³/mol. The number of hydrogen-bond acceptors (Lipinski definition) is 3. The van der Waals surface area contributed by atoms with Gasteiger partial charge >= 0.3 is 0 Å². The fraction of sp³-hybridized carbons (Fsp3) is 0.600.